The van der Waals surface area contributed by atoms with E-state index in [4.69, 9.17) is 0 Å². The van der Waals surface area contributed by atoms with E-state index in [2.05, 4.69) is 5.32 Å². The number of halogens is 1. The number of rotatable bonds is 4. The number of nitrogens with one attached hydrogen (secondary N) is 1. The fourth-order valence-electron chi connectivity index (χ4n) is 2.90. The number of hydrogen-bond acceptors (Lipinski definition) is 3. The average molecular weight is 362 g/mol. The highest BCUT2D eigenvalue weighted by molar-refractivity contribution is 7.89. The van der Waals surface area contributed by atoms with Crippen molar-refractivity contribution in [3.8, 4) is 0 Å². The quantitative estimate of drug-likeness (QED) is 0.909. The number of fused-ring (bicyclic) bond motifs is 1. The Bertz CT molecular complexity index is 939. The lowest BCUT2D eigenvalue weighted by Gasteiger charge is -2.13. The van der Waals surface area contributed by atoms with Crippen molar-refractivity contribution in [2.45, 2.75) is 24.2 Å². The molecule has 2 aromatic carbocycles. The Hall–Kier alpha value is -2.25. The van der Waals surface area contributed by atoms with Crippen LogP contribution in [0, 0.1) is 5.82 Å². The Kier molecular flexibility index (Phi) is 4.62. The minimum atomic E-state index is -3.74. The molecule has 25 heavy (non-hydrogen) atoms. The van der Waals surface area contributed by atoms with Gasteiger partial charge in [-0.05, 0) is 60.7 Å². The third-order valence-corrected chi connectivity index (χ3v) is 6.13. The molecule has 132 valence electrons. The molecule has 3 rings (SSSR count). The first kappa shape index (κ1) is 17.6. The van der Waals surface area contributed by atoms with Gasteiger partial charge >= 0.3 is 0 Å². The predicted octanol–water partition coefficient (Wildman–Crippen LogP) is 2.82. The van der Waals surface area contributed by atoms with Gasteiger partial charge in [-0.2, -0.15) is 0 Å². The summed E-state index contributed by atoms with van der Waals surface area (Å²) in [6, 6.07) is 8.83. The van der Waals surface area contributed by atoms with Crippen molar-refractivity contribution < 1.29 is 17.6 Å². The molecule has 0 heterocycles. The van der Waals surface area contributed by atoms with Gasteiger partial charge in [-0.15, -0.1) is 0 Å². The number of carbonyl (C=O) groups excluding carboxylic acids is 1. The third-order valence-electron chi connectivity index (χ3n) is 4.32. The van der Waals surface area contributed by atoms with E-state index < -0.39 is 21.7 Å². The van der Waals surface area contributed by atoms with Crippen LogP contribution in [0.4, 0.5) is 10.1 Å². The Balaban J connectivity index is 1.89. The van der Waals surface area contributed by atoms with Crippen LogP contribution in [0.25, 0.3) is 0 Å². The first-order valence-corrected chi connectivity index (χ1v) is 9.38. The third kappa shape index (κ3) is 3.43. The molecule has 0 aromatic heterocycles. The van der Waals surface area contributed by atoms with Crippen LogP contribution in [-0.4, -0.2) is 32.7 Å². The second-order valence-electron chi connectivity index (χ2n) is 6.22. The van der Waals surface area contributed by atoms with Gasteiger partial charge in [-0.1, -0.05) is 6.07 Å². The average Bonchev–Trinajstić information content (AvgIpc) is 3.02. The number of hydrogen-bond donors (Lipinski definition) is 1. The van der Waals surface area contributed by atoms with Crippen molar-refractivity contribution >= 4 is 21.6 Å². The Morgan fingerprint density at radius 2 is 1.80 bits per heavy atom. The Morgan fingerprint density at radius 3 is 2.52 bits per heavy atom. The largest absolute Gasteiger partial charge is 0.322 e. The van der Waals surface area contributed by atoms with Crippen LogP contribution in [0.2, 0.25) is 0 Å². The maximum absolute atomic E-state index is 14.1. The Morgan fingerprint density at radius 1 is 1.08 bits per heavy atom. The number of sulfonamides is 1. The number of nitrogens with zero attached hydrogens (tertiary/aromatic N) is 1. The van der Waals surface area contributed by atoms with E-state index in [1.165, 1.54) is 25.2 Å². The van der Waals surface area contributed by atoms with Gasteiger partial charge in [0.15, 0.2) is 0 Å². The molecule has 1 aliphatic carbocycles. The molecule has 0 atom stereocenters. The summed E-state index contributed by atoms with van der Waals surface area (Å²) in [5.41, 5.74) is 2.72. The van der Waals surface area contributed by atoms with E-state index in [0.717, 1.165) is 41.8 Å². The molecule has 0 aliphatic heterocycles. The lowest BCUT2D eigenvalue weighted by atomic mass is 10.1. The van der Waals surface area contributed by atoms with Crippen LogP contribution >= 0.6 is 0 Å². The van der Waals surface area contributed by atoms with Crippen LogP contribution in [0.1, 0.15) is 27.9 Å². The summed E-state index contributed by atoms with van der Waals surface area (Å²) in [7, 11) is -0.988. The fraction of sp³-hybridized carbons (Fsp3) is 0.278. The minimum Gasteiger partial charge on any atom is -0.322 e. The summed E-state index contributed by atoms with van der Waals surface area (Å²) in [4.78, 5) is 12.3. The molecule has 0 saturated heterocycles. The molecular weight excluding hydrogens is 343 g/mol. The van der Waals surface area contributed by atoms with E-state index in [9.17, 15) is 17.6 Å². The summed E-state index contributed by atoms with van der Waals surface area (Å²) in [5, 5.41) is 2.65. The SMILES string of the molecule is CN(C)S(=O)(=O)c1ccc(F)c(C(=O)Nc2ccc3c(c2)CCC3)c1. The van der Waals surface area contributed by atoms with E-state index in [1.807, 2.05) is 12.1 Å². The second kappa shape index (κ2) is 6.57. The predicted molar refractivity (Wildman–Crippen MR) is 93.7 cm³/mol. The van der Waals surface area contributed by atoms with Crippen LogP contribution in [0.15, 0.2) is 41.3 Å². The maximum atomic E-state index is 14.1. The molecule has 2 aromatic rings. The van der Waals surface area contributed by atoms with Gasteiger partial charge in [-0.3, -0.25) is 4.79 Å². The maximum Gasteiger partial charge on any atom is 0.258 e. The van der Waals surface area contributed by atoms with E-state index in [-0.39, 0.29) is 10.5 Å². The van der Waals surface area contributed by atoms with Gasteiger partial charge in [0.1, 0.15) is 5.82 Å². The van der Waals surface area contributed by atoms with Crippen LogP contribution in [0.3, 0.4) is 0 Å². The minimum absolute atomic E-state index is 0.127. The van der Waals surface area contributed by atoms with Crippen molar-refractivity contribution in [2.24, 2.45) is 0 Å². The first-order valence-electron chi connectivity index (χ1n) is 7.94. The number of carbonyl (C=O) groups is 1. The topological polar surface area (TPSA) is 66.5 Å². The molecule has 5 nitrogen and oxygen atoms in total. The van der Waals surface area contributed by atoms with Crippen LogP contribution in [-0.2, 0) is 22.9 Å². The zero-order valence-electron chi connectivity index (χ0n) is 14.0. The van der Waals surface area contributed by atoms with Gasteiger partial charge in [-0.25, -0.2) is 17.1 Å². The molecule has 1 amide bonds. The molecule has 1 aliphatic rings. The highest BCUT2D eigenvalue weighted by Crippen LogP contribution is 2.25. The lowest BCUT2D eigenvalue weighted by Crippen LogP contribution is -2.23. The van der Waals surface area contributed by atoms with Crippen LogP contribution < -0.4 is 5.32 Å². The number of anilines is 1. The monoisotopic (exact) mass is 362 g/mol. The molecule has 0 radical (unpaired) electrons. The van der Waals surface area contributed by atoms with Crippen molar-refractivity contribution in [3.05, 3.63) is 58.9 Å². The standard InChI is InChI=1S/C18H19FN2O3S/c1-21(2)25(23,24)15-8-9-17(19)16(11-15)18(22)20-14-7-6-12-4-3-5-13(12)10-14/h6-11H,3-5H2,1-2H3,(H,20,22). The van der Waals surface area contributed by atoms with Crippen molar-refractivity contribution in [3.63, 3.8) is 0 Å². The number of aryl methyl sites for hydroxylation is 2. The molecule has 0 spiro atoms. The molecule has 7 heteroatoms. The van der Waals surface area contributed by atoms with Crippen LogP contribution in [0.5, 0.6) is 0 Å². The molecule has 0 bridgehead atoms. The highest BCUT2D eigenvalue weighted by Gasteiger charge is 2.21. The molecule has 0 unspecified atom stereocenters. The van der Waals surface area contributed by atoms with E-state index >= 15 is 0 Å². The van der Waals surface area contributed by atoms with Gasteiger partial charge in [0, 0.05) is 19.8 Å². The van der Waals surface area contributed by atoms with Gasteiger partial charge in [0.2, 0.25) is 10.0 Å². The molecule has 0 saturated carbocycles. The number of amides is 1. The van der Waals surface area contributed by atoms with Gasteiger partial charge in [0.25, 0.3) is 5.91 Å². The zero-order valence-corrected chi connectivity index (χ0v) is 14.9. The van der Waals surface area contributed by atoms with Gasteiger partial charge < -0.3 is 5.32 Å². The van der Waals surface area contributed by atoms with Crippen molar-refractivity contribution in [1.82, 2.24) is 4.31 Å². The fourth-order valence-corrected chi connectivity index (χ4v) is 3.83. The van der Waals surface area contributed by atoms with E-state index in [0.29, 0.717) is 5.69 Å². The van der Waals surface area contributed by atoms with E-state index in [1.54, 1.807) is 6.07 Å². The molecule has 1 N–H and O–H groups in total. The van der Waals surface area contributed by atoms with Crippen molar-refractivity contribution in [1.29, 1.82) is 0 Å². The van der Waals surface area contributed by atoms with Gasteiger partial charge in [0.05, 0.1) is 10.5 Å². The smallest absolute Gasteiger partial charge is 0.258 e. The normalized spacial score (nSPS) is 13.8. The lowest BCUT2D eigenvalue weighted by molar-refractivity contribution is 0.102. The molecule has 0 fully saturated rings. The summed E-state index contributed by atoms with van der Waals surface area (Å²) < 4.78 is 39.4. The molecular formula is C18H19FN2O3S. The summed E-state index contributed by atoms with van der Waals surface area (Å²) in [6.07, 6.45) is 3.08. The number of benzene rings is 2. The highest BCUT2D eigenvalue weighted by atomic mass is 32.2. The summed E-state index contributed by atoms with van der Waals surface area (Å²) in [6.45, 7) is 0. The Labute approximate surface area is 146 Å². The van der Waals surface area contributed by atoms with Crippen molar-refractivity contribution in [2.75, 3.05) is 19.4 Å². The summed E-state index contributed by atoms with van der Waals surface area (Å²) in [5.74, 6) is -1.44. The zero-order chi connectivity index (χ0) is 18.2. The first-order chi connectivity index (χ1) is 11.8. The second-order valence-corrected chi connectivity index (χ2v) is 8.37. The summed E-state index contributed by atoms with van der Waals surface area (Å²) >= 11 is 0.